The first-order valence-electron chi connectivity index (χ1n) is 8.19. The Kier molecular flexibility index (Phi) is 6.52. The molecule has 7 nitrogen and oxygen atoms in total. The molecule has 0 aliphatic carbocycles. The minimum absolute atomic E-state index is 0.0448. The molecule has 26 heavy (non-hydrogen) atoms. The number of benzene rings is 1. The van der Waals surface area contributed by atoms with Gasteiger partial charge in [0, 0.05) is 20.8 Å². The molecule has 0 amide bonds. The molecule has 3 atom stereocenters. The first-order valence-corrected chi connectivity index (χ1v) is 8.19. The van der Waals surface area contributed by atoms with E-state index in [0.717, 1.165) is 11.1 Å². The van der Waals surface area contributed by atoms with Crippen molar-refractivity contribution >= 4 is 17.9 Å². The van der Waals surface area contributed by atoms with Gasteiger partial charge in [0.1, 0.15) is 30.7 Å². The van der Waals surface area contributed by atoms with Crippen LogP contribution in [0.5, 0.6) is 5.75 Å². The maximum atomic E-state index is 11.3. The third-order valence-electron chi connectivity index (χ3n) is 3.74. The highest BCUT2D eigenvalue weighted by molar-refractivity contribution is 5.69. The lowest BCUT2D eigenvalue weighted by Gasteiger charge is -2.32. The van der Waals surface area contributed by atoms with E-state index in [0.29, 0.717) is 5.75 Å². The van der Waals surface area contributed by atoms with E-state index in [-0.39, 0.29) is 6.61 Å². The summed E-state index contributed by atoms with van der Waals surface area (Å²) in [6.45, 7) is 5.79. The predicted octanol–water partition coefficient (Wildman–Crippen LogP) is 2.41. The topological polar surface area (TPSA) is 88.1 Å². The molecule has 0 saturated heterocycles. The second-order valence-corrected chi connectivity index (χ2v) is 5.97. The van der Waals surface area contributed by atoms with Crippen LogP contribution in [0.25, 0.3) is 0 Å². The molecule has 1 aromatic carbocycles. The van der Waals surface area contributed by atoms with E-state index in [4.69, 9.17) is 18.9 Å². The fourth-order valence-corrected chi connectivity index (χ4v) is 2.62. The monoisotopic (exact) mass is 362 g/mol. The van der Waals surface area contributed by atoms with Gasteiger partial charge in [-0.2, -0.15) is 0 Å². The van der Waals surface area contributed by atoms with Crippen LogP contribution in [-0.2, 0) is 28.6 Å². The number of esters is 3. The molecule has 0 spiro atoms. The van der Waals surface area contributed by atoms with Gasteiger partial charge in [-0.1, -0.05) is 12.1 Å². The second kappa shape index (κ2) is 8.62. The van der Waals surface area contributed by atoms with Crippen molar-refractivity contribution in [2.24, 2.45) is 0 Å². The van der Waals surface area contributed by atoms with Gasteiger partial charge < -0.3 is 18.9 Å². The summed E-state index contributed by atoms with van der Waals surface area (Å²) in [6.07, 6.45) is 1.71. The van der Waals surface area contributed by atoms with Crippen LogP contribution in [0.1, 0.15) is 38.0 Å². The van der Waals surface area contributed by atoms with Crippen molar-refractivity contribution in [2.45, 2.75) is 46.0 Å². The van der Waals surface area contributed by atoms with Gasteiger partial charge in [0.05, 0.1) is 0 Å². The van der Waals surface area contributed by atoms with E-state index in [1.54, 1.807) is 24.3 Å². The van der Waals surface area contributed by atoms with Crippen LogP contribution in [0, 0.1) is 6.92 Å². The highest BCUT2D eigenvalue weighted by Gasteiger charge is 2.31. The van der Waals surface area contributed by atoms with Gasteiger partial charge in [0.25, 0.3) is 0 Å². The van der Waals surface area contributed by atoms with E-state index in [1.807, 2.05) is 13.0 Å². The maximum Gasteiger partial charge on any atom is 0.308 e. The van der Waals surface area contributed by atoms with Crippen molar-refractivity contribution in [1.29, 1.82) is 0 Å². The summed E-state index contributed by atoms with van der Waals surface area (Å²) in [5.41, 5.74) is 1.74. The molecule has 0 saturated carbocycles. The summed E-state index contributed by atoms with van der Waals surface area (Å²) >= 11 is 0. The molecule has 0 bridgehead atoms. The number of carbonyl (C=O) groups is 3. The molecular weight excluding hydrogens is 340 g/mol. The Bertz CT molecular complexity index is 723. The first-order chi connectivity index (χ1) is 12.3. The molecule has 1 aliphatic rings. The lowest BCUT2D eigenvalue weighted by Crippen LogP contribution is -2.39. The van der Waals surface area contributed by atoms with Crippen molar-refractivity contribution in [3.8, 4) is 5.75 Å². The van der Waals surface area contributed by atoms with Crippen LogP contribution < -0.4 is 4.74 Å². The maximum absolute atomic E-state index is 11.3. The van der Waals surface area contributed by atoms with E-state index in [2.05, 4.69) is 0 Å². The standard InChI is InChI=1S/C19H22O7/c1-11-5-6-15(24-13(3)21)9-16(11)17-7-8-18(25-14(4)22)19(26-17)10-23-12(2)20/h5-9,17-19H,10H2,1-4H3/t17-,18-,19+/m0/s1. The lowest BCUT2D eigenvalue weighted by atomic mass is 9.99. The first kappa shape index (κ1) is 19.7. The average Bonchev–Trinajstić information content (AvgIpc) is 2.54. The van der Waals surface area contributed by atoms with Crippen LogP contribution in [0.3, 0.4) is 0 Å². The van der Waals surface area contributed by atoms with Crippen molar-refractivity contribution in [3.63, 3.8) is 0 Å². The average molecular weight is 362 g/mol. The van der Waals surface area contributed by atoms with Gasteiger partial charge in [-0.3, -0.25) is 14.4 Å². The van der Waals surface area contributed by atoms with E-state index in [1.165, 1.54) is 20.8 Å². The lowest BCUT2D eigenvalue weighted by molar-refractivity contribution is -0.163. The molecule has 0 radical (unpaired) electrons. The summed E-state index contributed by atoms with van der Waals surface area (Å²) < 4.78 is 21.4. The van der Waals surface area contributed by atoms with Gasteiger partial charge in [0.15, 0.2) is 0 Å². The van der Waals surface area contributed by atoms with Crippen LogP contribution in [0.4, 0.5) is 0 Å². The van der Waals surface area contributed by atoms with E-state index < -0.39 is 36.2 Å². The summed E-state index contributed by atoms with van der Waals surface area (Å²) in [4.78, 5) is 33.6. The summed E-state index contributed by atoms with van der Waals surface area (Å²) in [5, 5.41) is 0. The van der Waals surface area contributed by atoms with Gasteiger partial charge in [0.2, 0.25) is 0 Å². The van der Waals surface area contributed by atoms with Crippen molar-refractivity contribution in [2.75, 3.05) is 6.61 Å². The highest BCUT2D eigenvalue weighted by Crippen LogP contribution is 2.32. The normalized spacial score (nSPS) is 21.8. The van der Waals surface area contributed by atoms with E-state index in [9.17, 15) is 14.4 Å². The molecule has 0 aromatic heterocycles. The Morgan fingerprint density at radius 3 is 2.38 bits per heavy atom. The molecule has 1 heterocycles. The zero-order chi connectivity index (χ0) is 19.3. The molecule has 0 unspecified atom stereocenters. The molecule has 0 N–H and O–H groups in total. The summed E-state index contributed by atoms with van der Waals surface area (Å²) in [6, 6.07) is 5.25. The predicted molar refractivity (Wildman–Crippen MR) is 91.4 cm³/mol. The molecular formula is C19H22O7. The molecule has 140 valence electrons. The fourth-order valence-electron chi connectivity index (χ4n) is 2.62. The third kappa shape index (κ3) is 5.42. The largest absolute Gasteiger partial charge is 0.463 e. The fraction of sp³-hybridized carbons (Fsp3) is 0.421. The zero-order valence-electron chi connectivity index (χ0n) is 15.2. The highest BCUT2D eigenvalue weighted by atomic mass is 16.6. The number of rotatable bonds is 5. The van der Waals surface area contributed by atoms with Crippen LogP contribution in [-0.4, -0.2) is 36.7 Å². The van der Waals surface area contributed by atoms with Crippen molar-refractivity contribution in [3.05, 3.63) is 41.5 Å². The second-order valence-electron chi connectivity index (χ2n) is 5.97. The quantitative estimate of drug-likeness (QED) is 0.451. The number of hydrogen-bond donors (Lipinski definition) is 0. The molecule has 7 heteroatoms. The van der Waals surface area contributed by atoms with Gasteiger partial charge >= 0.3 is 17.9 Å². The Labute approximate surface area is 151 Å². The molecule has 1 aromatic rings. The van der Waals surface area contributed by atoms with Gasteiger partial charge in [-0.15, -0.1) is 0 Å². The Morgan fingerprint density at radius 2 is 1.77 bits per heavy atom. The summed E-state index contributed by atoms with van der Waals surface area (Å²) in [7, 11) is 0. The van der Waals surface area contributed by atoms with Crippen LogP contribution in [0.2, 0.25) is 0 Å². The zero-order valence-corrected chi connectivity index (χ0v) is 15.2. The Morgan fingerprint density at radius 1 is 1.04 bits per heavy atom. The van der Waals surface area contributed by atoms with Crippen molar-refractivity contribution in [1.82, 2.24) is 0 Å². The smallest absolute Gasteiger partial charge is 0.308 e. The Hall–Kier alpha value is -2.67. The molecule has 1 aliphatic heterocycles. The van der Waals surface area contributed by atoms with Crippen LogP contribution >= 0.6 is 0 Å². The molecule has 0 fully saturated rings. The van der Waals surface area contributed by atoms with Gasteiger partial charge in [-0.25, -0.2) is 0 Å². The van der Waals surface area contributed by atoms with Gasteiger partial charge in [-0.05, 0) is 36.3 Å². The third-order valence-corrected chi connectivity index (χ3v) is 3.74. The summed E-state index contributed by atoms with van der Waals surface area (Å²) in [5.74, 6) is -0.909. The van der Waals surface area contributed by atoms with E-state index >= 15 is 0 Å². The minimum Gasteiger partial charge on any atom is -0.463 e. The Balaban J connectivity index is 2.25. The molecule has 2 rings (SSSR count). The SMILES string of the molecule is CC(=O)OC[C@H]1O[C@H](c2cc(OC(C)=O)ccc2C)C=C[C@@H]1OC(C)=O. The minimum atomic E-state index is -0.653. The number of hydrogen-bond acceptors (Lipinski definition) is 7. The number of ether oxygens (including phenoxy) is 4. The number of carbonyl (C=O) groups excluding carboxylic acids is 3. The van der Waals surface area contributed by atoms with Crippen LogP contribution in [0.15, 0.2) is 30.4 Å². The number of aryl methyl sites for hydroxylation is 1. The van der Waals surface area contributed by atoms with Crippen molar-refractivity contribution < 1.29 is 33.3 Å².